The number of nitrogens with zero attached hydrogens (tertiary/aromatic N) is 4. The van der Waals surface area contributed by atoms with Gasteiger partial charge < -0.3 is 10.1 Å². The molecular formula is C25H19N5O2. The second-order valence-electron chi connectivity index (χ2n) is 6.75. The Hall–Kier alpha value is -4.70. The van der Waals surface area contributed by atoms with Gasteiger partial charge in [0.05, 0.1) is 5.69 Å². The lowest BCUT2D eigenvalue weighted by Gasteiger charge is -2.04. The summed E-state index contributed by atoms with van der Waals surface area (Å²) in [6.07, 6.45) is 8.52. The van der Waals surface area contributed by atoms with Crippen molar-refractivity contribution in [1.29, 1.82) is 5.26 Å². The van der Waals surface area contributed by atoms with Crippen LogP contribution in [-0.4, -0.2) is 27.3 Å². The van der Waals surface area contributed by atoms with Crippen LogP contribution in [0, 0.1) is 11.3 Å². The number of hydrogen-bond donors (Lipinski definition) is 1. The summed E-state index contributed by atoms with van der Waals surface area (Å²) in [7, 11) is 0. The lowest BCUT2D eigenvalue weighted by molar-refractivity contribution is -0.111. The van der Waals surface area contributed by atoms with E-state index in [1.54, 1.807) is 47.4 Å². The van der Waals surface area contributed by atoms with E-state index in [-0.39, 0.29) is 12.5 Å². The summed E-state index contributed by atoms with van der Waals surface area (Å²) in [4.78, 5) is 16.6. The summed E-state index contributed by atoms with van der Waals surface area (Å²) in [5.74, 6) is 0.287. The van der Waals surface area contributed by atoms with Crippen molar-refractivity contribution < 1.29 is 9.53 Å². The third-order valence-electron chi connectivity index (χ3n) is 4.54. The number of benzene rings is 2. The van der Waals surface area contributed by atoms with Crippen LogP contribution in [0.1, 0.15) is 5.56 Å². The number of aromatic nitrogens is 3. The minimum Gasteiger partial charge on any atom is -0.479 e. The second kappa shape index (κ2) is 9.87. The molecule has 32 heavy (non-hydrogen) atoms. The third-order valence-corrected chi connectivity index (χ3v) is 4.54. The molecule has 4 rings (SSSR count). The van der Waals surface area contributed by atoms with Crippen LogP contribution >= 0.6 is 0 Å². The summed E-state index contributed by atoms with van der Waals surface area (Å²) < 4.78 is 6.99. The molecule has 156 valence electrons. The molecule has 0 saturated heterocycles. The van der Waals surface area contributed by atoms with Crippen molar-refractivity contribution in [2.24, 2.45) is 0 Å². The largest absolute Gasteiger partial charge is 0.479 e. The van der Waals surface area contributed by atoms with Crippen molar-refractivity contribution >= 4 is 17.7 Å². The summed E-state index contributed by atoms with van der Waals surface area (Å²) in [5.41, 5.74) is 3.91. The molecule has 2 aromatic carbocycles. The molecule has 2 aromatic heterocycles. The number of nitriles is 1. The Morgan fingerprint density at radius 1 is 1.09 bits per heavy atom. The van der Waals surface area contributed by atoms with Crippen molar-refractivity contribution in [3.8, 4) is 28.8 Å². The van der Waals surface area contributed by atoms with E-state index in [4.69, 9.17) is 15.1 Å². The first-order valence-electron chi connectivity index (χ1n) is 9.87. The number of hydrogen-bond acceptors (Lipinski definition) is 5. The van der Waals surface area contributed by atoms with Crippen LogP contribution in [0.15, 0.2) is 91.4 Å². The standard InChI is InChI=1S/C25H19N5O2/c26-14-16-32-23-11-9-21(10-12-23)28-24(31)13-8-20-18-30(22-6-2-1-3-7-22)29-25(20)19-5-4-15-27-17-19/h1-13,15,17-18H,16H2,(H,28,31)/b13-8+. The van der Waals surface area contributed by atoms with Gasteiger partial charge in [0, 0.05) is 41.5 Å². The van der Waals surface area contributed by atoms with Crippen molar-refractivity contribution in [3.05, 3.63) is 97.0 Å². The smallest absolute Gasteiger partial charge is 0.248 e. The molecule has 1 N–H and O–H groups in total. The average molecular weight is 421 g/mol. The molecule has 0 spiro atoms. The topological polar surface area (TPSA) is 92.8 Å². The van der Waals surface area contributed by atoms with Crippen LogP contribution in [-0.2, 0) is 4.79 Å². The summed E-state index contributed by atoms with van der Waals surface area (Å²) in [6, 6.07) is 22.3. The number of amides is 1. The van der Waals surface area contributed by atoms with Gasteiger partial charge in [-0.15, -0.1) is 0 Å². The van der Waals surface area contributed by atoms with Gasteiger partial charge in [-0.3, -0.25) is 9.78 Å². The Morgan fingerprint density at radius 2 is 1.91 bits per heavy atom. The number of ether oxygens (including phenoxy) is 1. The van der Waals surface area contributed by atoms with Gasteiger partial charge in [0.2, 0.25) is 5.91 Å². The number of pyridine rings is 1. The SMILES string of the molecule is N#CCOc1ccc(NC(=O)/C=C/c2cn(-c3ccccc3)nc2-c2cccnc2)cc1. The fourth-order valence-electron chi connectivity index (χ4n) is 3.05. The number of anilines is 1. The lowest BCUT2D eigenvalue weighted by atomic mass is 10.1. The molecular weight excluding hydrogens is 402 g/mol. The Kier molecular flexibility index (Phi) is 6.34. The predicted molar refractivity (Wildman–Crippen MR) is 122 cm³/mol. The van der Waals surface area contributed by atoms with E-state index < -0.39 is 0 Å². The van der Waals surface area contributed by atoms with E-state index in [1.807, 2.05) is 54.7 Å². The van der Waals surface area contributed by atoms with Gasteiger partial charge in [-0.05, 0) is 54.6 Å². The lowest BCUT2D eigenvalue weighted by Crippen LogP contribution is -2.07. The quantitative estimate of drug-likeness (QED) is 0.444. The fraction of sp³-hybridized carbons (Fsp3) is 0.0400. The maximum Gasteiger partial charge on any atom is 0.248 e. The number of carbonyl (C=O) groups excluding carboxylic acids is 1. The molecule has 0 aliphatic heterocycles. The van der Waals surface area contributed by atoms with Crippen molar-refractivity contribution in [2.75, 3.05) is 11.9 Å². The highest BCUT2D eigenvalue weighted by Crippen LogP contribution is 2.24. The molecule has 7 heteroatoms. The molecule has 2 heterocycles. The summed E-state index contributed by atoms with van der Waals surface area (Å²) in [5, 5.41) is 16.1. The van der Waals surface area contributed by atoms with Gasteiger partial charge in [-0.1, -0.05) is 18.2 Å². The van der Waals surface area contributed by atoms with Crippen LogP contribution in [0.2, 0.25) is 0 Å². The third kappa shape index (κ3) is 5.07. The minimum atomic E-state index is -0.278. The molecule has 0 bridgehead atoms. The van der Waals surface area contributed by atoms with Gasteiger partial charge >= 0.3 is 0 Å². The molecule has 0 atom stereocenters. The van der Waals surface area contributed by atoms with Gasteiger partial charge in [0.25, 0.3) is 0 Å². The minimum absolute atomic E-state index is 0.0234. The second-order valence-corrected chi connectivity index (χ2v) is 6.75. The zero-order valence-corrected chi connectivity index (χ0v) is 17.1. The van der Waals surface area contributed by atoms with Crippen LogP contribution in [0.3, 0.4) is 0 Å². The first-order chi connectivity index (χ1) is 15.7. The number of carbonyl (C=O) groups is 1. The maximum absolute atomic E-state index is 12.5. The van der Waals surface area contributed by atoms with E-state index in [0.29, 0.717) is 11.4 Å². The molecule has 4 aromatic rings. The monoisotopic (exact) mass is 421 g/mol. The Morgan fingerprint density at radius 3 is 2.62 bits per heavy atom. The van der Waals surface area contributed by atoms with E-state index in [0.717, 1.165) is 22.5 Å². The van der Waals surface area contributed by atoms with Crippen LogP contribution < -0.4 is 10.1 Å². The van der Waals surface area contributed by atoms with Crippen molar-refractivity contribution in [2.45, 2.75) is 0 Å². The van der Waals surface area contributed by atoms with Crippen molar-refractivity contribution in [3.63, 3.8) is 0 Å². The highest BCUT2D eigenvalue weighted by Gasteiger charge is 2.11. The molecule has 0 aliphatic rings. The molecule has 1 amide bonds. The molecule has 7 nitrogen and oxygen atoms in total. The van der Waals surface area contributed by atoms with E-state index in [1.165, 1.54) is 6.08 Å². The van der Waals surface area contributed by atoms with Gasteiger partial charge in [-0.2, -0.15) is 10.4 Å². The fourth-order valence-corrected chi connectivity index (χ4v) is 3.05. The number of nitrogens with one attached hydrogen (secondary N) is 1. The van der Waals surface area contributed by atoms with E-state index in [9.17, 15) is 4.79 Å². The number of para-hydroxylation sites is 1. The van der Waals surface area contributed by atoms with Gasteiger partial charge in [-0.25, -0.2) is 4.68 Å². The summed E-state index contributed by atoms with van der Waals surface area (Å²) >= 11 is 0. The van der Waals surface area contributed by atoms with E-state index in [2.05, 4.69) is 10.3 Å². The average Bonchev–Trinajstić information content (AvgIpc) is 3.28. The molecule has 0 fully saturated rings. The first kappa shape index (κ1) is 20.6. The van der Waals surface area contributed by atoms with Crippen LogP contribution in [0.5, 0.6) is 5.75 Å². The first-order valence-corrected chi connectivity index (χ1v) is 9.87. The van der Waals surface area contributed by atoms with Gasteiger partial charge in [0.15, 0.2) is 6.61 Å². The normalized spacial score (nSPS) is 10.6. The highest BCUT2D eigenvalue weighted by atomic mass is 16.5. The zero-order chi connectivity index (χ0) is 22.2. The Balaban J connectivity index is 1.54. The van der Waals surface area contributed by atoms with Gasteiger partial charge in [0.1, 0.15) is 17.5 Å². The summed E-state index contributed by atoms with van der Waals surface area (Å²) in [6.45, 7) is -0.0234. The molecule has 0 aliphatic carbocycles. The molecule has 0 saturated carbocycles. The van der Waals surface area contributed by atoms with Crippen LogP contribution in [0.4, 0.5) is 5.69 Å². The number of rotatable bonds is 7. The highest BCUT2D eigenvalue weighted by molar-refractivity contribution is 6.02. The Bertz CT molecular complexity index is 1260. The molecule has 0 unspecified atom stereocenters. The van der Waals surface area contributed by atoms with Crippen LogP contribution in [0.25, 0.3) is 23.0 Å². The maximum atomic E-state index is 12.5. The predicted octanol–water partition coefficient (Wildman–Crippen LogP) is 4.49. The zero-order valence-electron chi connectivity index (χ0n) is 17.1. The molecule has 0 radical (unpaired) electrons. The van der Waals surface area contributed by atoms with Crippen molar-refractivity contribution in [1.82, 2.24) is 14.8 Å². The Labute approximate surface area is 185 Å². The van der Waals surface area contributed by atoms with E-state index >= 15 is 0 Å².